The Morgan fingerprint density at radius 3 is 2.42 bits per heavy atom. The predicted molar refractivity (Wildman–Crippen MR) is 99.0 cm³/mol. The number of aromatic nitrogens is 1. The van der Waals surface area contributed by atoms with Gasteiger partial charge in [0.25, 0.3) is 0 Å². The minimum atomic E-state index is -0.597. The smallest absolute Gasteiger partial charge is 0.309 e. The molecule has 2 amide bonds. The number of nitrogens with zero attached hydrogens (tertiary/aromatic N) is 2. The second-order valence-electron chi connectivity index (χ2n) is 6.55. The van der Waals surface area contributed by atoms with Crippen molar-refractivity contribution in [1.29, 1.82) is 0 Å². The molecule has 2 heterocycles. The van der Waals surface area contributed by atoms with Crippen LogP contribution in [0.1, 0.15) is 24.0 Å². The molecular formula is C20H24N4O2. The van der Waals surface area contributed by atoms with E-state index in [1.807, 2.05) is 24.3 Å². The Morgan fingerprint density at radius 1 is 1.00 bits per heavy atom. The molecule has 2 N–H and O–H groups in total. The molecule has 0 radical (unpaired) electrons. The van der Waals surface area contributed by atoms with E-state index in [2.05, 4.69) is 32.7 Å². The third kappa shape index (κ3) is 5.39. The quantitative estimate of drug-likeness (QED) is 0.800. The molecule has 1 fully saturated rings. The van der Waals surface area contributed by atoms with Gasteiger partial charge in [-0.15, -0.1) is 0 Å². The molecule has 136 valence electrons. The van der Waals surface area contributed by atoms with Gasteiger partial charge < -0.3 is 10.6 Å². The van der Waals surface area contributed by atoms with Gasteiger partial charge in [0, 0.05) is 44.6 Å². The maximum Gasteiger partial charge on any atom is 0.309 e. The Hall–Kier alpha value is -2.73. The lowest BCUT2D eigenvalue weighted by Crippen LogP contribution is -2.48. The fourth-order valence-electron chi connectivity index (χ4n) is 3.09. The molecule has 0 saturated carbocycles. The highest BCUT2D eigenvalue weighted by Crippen LogP contribution is 2.13. The summed E-state index contributed by atoms with van der Waals surface area (Å²) in [4.78, 5) is 30.4. The Bertz CT molecular complexity index is 713. The molecule has 0 aliphatic carbocycles. The molecule has 1 saturated heterocycles. The van der Waals surface area contributed by atoms with E-state index in [1.165, 1.54) is 5.56 Å². The van der Waals surface area contributed by atoms with Crippen LogP contribution in [0.3, 0.4) is 0 Å². The summed E-state index contributed by atoms with van der Waals surface area (Å²) in [5.74, 6) is -1.16. The number of carbonyl (C=O) groups is 2. The summed E-state index contributed by atoms with van der Waals surface area (Å²) in [5, 5.41) is 5.47. The van der Waals surface area contributed by atoms with Crippen molar-refractivity contribution < 1.29 is 9.59 Å². The molecule has 1 aromatic carbocycles. The average molecular weight is 352 g/mol. The highest BCUT2D eigenvalue weighted by Gasteiger charge is 2.23. The molecule has 0 atom stereocenters. The van der Waals surface area contributed by atoms with Gasteiger partial charge in [-0.3, -0.25) is 19.5 Å². The van der Waals surface area contributed by atoms with Crippen LogP contribution >= 0.6 is 0 Å². The molecule has 6 nitrogen and oxygen atoms in total. The molecule has 0 spiro atoms. The van der Waals surface area contributed by atoms with Crippen LogP contribution in [-0.4, -0.2) is 40.8 Å². The second-order valence-corrected chi connectivity index (χ2v) is 6.55. The van der Waals surface area contributed by atoms with Gasteiger partial charge in [0.2, 0.25) is 0 Å². The Labute approximate surface area is 153 Å². The zero-order valence-corrected chi connectivity index (χ0v) is 14.7. The highest BCUT2D eigenvalue weighted by atomic mass is 16.2. The largest absolute Gasteiger partial charge is 0.345 e. The molecule has 3 rings (SSSR count). The van der Waals surface area contributed by atoms with Crippen molar-refractivity contribution in [1.82, 2.24) is 20.5 Å². The van der Waals surface area contributed by atoms with Crippen LogP contribution < -0.4 is 10.6 Å². The van der Waals surface area contributed by atoms with Crippen LogP contribution in [-0.2, 0) is 22.7 Å². The third-order valence-corrected chi connectivity index (χ3v) is 4.55. The fourth-order valence-corrected chi connectivity index (χ4v) is 3.09. The minimum absolute atomic E-state index is 0.0543. The SMILES string of the molecule is O=C(NCc1cccnc1)C(=O)NC1CCN(Cc2ccccc2)CC1. The lowest BCUT2D eigenvalue weighted by molar-refractivity contribution is -0.139. The van der Waals surface area contributed by atoms with Gasteiger partial charge in [0.05, 0.1) is 0 Å². The monoisotopic (exact) mass is 352 g/mol. The van der Waals surface area contributed by atoms with E-state index < -0.39 is 11.8 Å². The predicted octanol–water partition coefficient (Wildman–Crippen LogP) is 1.48. The van der Waals surface area contributed by atoms with E-state index >= 15 is 0 Å². The van der Waals surface area contributed by atoms with E-state index in [0.29, 0.717) is 6.54 Å². The number of piperidine rings is 1. The molecule has 1 aliphatic rings. The molecule has 6 heteroatoms. The van der Waals surface area contributed by atoms with Crippen molar-refractivity contribution in [2.45, 2.75) is 32.0 Å². The number of carbonyl (C=O) groups excluding carboxylic acids is 2. The van der Waals surface area contributed by atoms with Gasteiger partial charge in [-0.2, -0.15) is 0 Å². The van der Waals surface area contributed by atoms with Crippen LogP contribution in [0.15, 0.2) is 54.9 Å². The van der Waals surface area contributed by atoms with Gasteiger partial charge >= 0.3 is 11.8 Å². The number of benzene rings is 1. The van der Waals surface area contributed by atoms with Crippen molar-refractivity contribution in [3.63, 3.8) is 0 Å². The van der Waals surface area contributed by atoms with E-state index in [1.54, 1.807) is 18.5 Å². The average Bonchev–Trinajstić information content (AvgIpc) is 2.69. The van der Waals surface area contributed by atoms with Crippen LogP contribution in [0.5, 0.6) is 0 Å². The number of pyridine rings is 1. The van der Waals surface area contributed by atoms with Crippen LogP contribution in [0, 0.1) is 0 Å². The van der Waals surface area contributed by atoms with Crippen molar-refractivity contribution in [2.24, 2.45) is 0 Å². The first-order valence-electron chi connectivity index (χ1n) is 8.94. The number of likely N-dealkylation sites (tertiary alicyclic amines) is 1. The van der Waals surface area contributed by atoms with Gasteiger partial charge in [-0.05, 0) is 30.0 Å². The summed E-state index contributed by atoms with van der Waals surface area (Å²) in [6.07, 6.45) is 5.05. The zero-order valence-electron chi connectivity index (χ0n) is 14.7. The molecule has 0 bridgehead atoms. The summed E-state index contributed by atoms with van der Waals surface area (Å²) < 4.78 is 0. The van der Waals surface area contributed by atoms with Crippen molar-refractivity contribution in [2.75, 3.05) is 13.1 Å². The topological polar surface area (TPSA) is 74.3 Å². The van der Waals surface area contributed by atoms with Crippen LogP contribution in [0.2, 0.25) is 0 Å². The summed E-state index contributed by atoms with van der Waals surface area (Å²) in [6.45, 7) is 3.05. The lowest BCUT2D eigenvalue weighted by Gasteiger charge is -2.32. The normalized spacial score (nSPS) is 15.4. The van der Waals surface area contributed by atoms with Gasteiger partial charge in [-0.1, -0.05) is 36.4 Å². The first-order valence-corrected chi connectivity index (χ1v) is 8.94. The van der Waals surface area contributed by atoms with E-state index in [0.717, 1.165) is 38.0 Å². The molecule has 2 aromatic rings. The van der Waals surface area contributed by atoms with Gasteiger partial charge in [0.1, 0.15) is 0 Å². The van der Waals surface area contributed by atoms with Crippen molar-refractivity contribution in [3.05, 3.63) is 66.0 Å². The van der Waals surface area contributed by atoms with Crippen molar-refractivity contribution in [3.8, 4) is 0 Å². The van der Waals surface area contributed by atoms with Crippen LogP contribution in [0.4, 0.5) is 0 Å². The van der Waals surface area contributed by atoms with E-state index in [-0.39, 0.29) is 6.04 Å². The third-order valence-electron chi connectivity index (χ3n) is 4.55. The first kappa shape index (κ1) is 18.1. The first-order chi connectivity index (χ1) is 12.7. The number of rotatable bonds is 5. The Balaban J connectivity index is 1.38. The summed E-state index contributed by atoms with van der Waals surface area (Å²) >= 11 is 0. The minimum Gasteiger partial charge on any atom is -0.345 e. The second kappa shape index (κ2) is 9.10. The number of hydrogen-bond acceptors (Lipinski definition) is 4. The highest BCUT2D eigenvalue weighted by molar-refractivity contribution is 6.35. The number of amides is 2. The van der Waals surface area contributed by atoms with Crippen LogP contribution in [0.25, 0.3) is 0 Å². The molecule has 1 aromatic heterocycles. The van der Waals surface area contributed by atoms with Gasteiger partial charge in [0.15, 0.2) is 0 Å². The molecule has 1 aliphatic heterocycles. The fraction of sp³-hybridized carbons (Fsp3) is 0.350. The van der Waals surface area contributed by atoms with Gasteiger partial charge in [-0.25, -0.2) is 0 Å². The number of hydrogen-bond donors (Lipinski definition) is 2. The summed E-state index contributed by atoms with van der Waals surface area (Å²) in [5.41, 5.74) is 2.16. The Morgan fingerprint density at radius 2 is 1.73 bits per heavy atom. The zero-order chi connectivity index (χ0) is 18.2. The van der Waals surface area contributed by atoms with Crippen molar-refractivity contribution >= 4 is 11.8 Å². The standard InChI is InChI=1S/C20H24N4O2/c25-19(22-14-17-7-4-10-21-13-17)20(26)23-18-8-11-24(12-9-18)15-16-5-2-1-3-6-16/h1-7,10,13,18H,8-9,11-12,14-15H2,(H,22,25)(H,23,26). The number of nitrogens with one attached hydrogen (secondary N) is 2. The summed E-state index contributed by atoms with van der Waals surface area (Å²) in [7, 11) is 0. The van der Waals surface area contributed by atoms with E-state index in [9.17, 15) is 9.59 Å². The maximum absolute atomic E-state index is 12.1. The molecular weight excluding hydrogens is 328 g/mol. The summed E-state index contributed by atoms with van der Waals surface area (Å²) in [6, 6.07) is 14.1. The Kier molecular flexibility index (Phi) is 6.33. The van der Waals surface area contributed by atoms with E-state index in [4.69, 9.17) is 0 Å². The lowest BCUT2D eigenvalue weighted by atomic mass is 10.0. The molecule has 0 unspecified atom stereocenters. The maximum atomic E-state index is 12.1. The molecule has 26 heavy (non-hydrogen) atoms.